The third kappa shape index (κ3) is 4.67. The molecule has 3 rings (SSSR count). The number of hydrogen-bond acceptors (Lipinski definition) is 6. The van der Waals surface area contributed by atoms with E-state index in [9.17, 15) is 19.8 Å². The van der Waals surface area contributed by atoms with Crippen molar-refractivity contribution in [1.29, 1.82) is 0 Å². The van der Waals surface area contributed by atoms with Gasteiger partial charge in [0.15, 0.2) is 11.5 Å². The number of aromatic hydroxyl groups is 2. The Balaban J connectivity index is 1.77. The lowest BCUT2D eigenvalue weighted by Gasteiger charge is -2.11. The zero-order chi connectivity index (χ0) is 19.9. The Hall–Kier alpha value is -3.80. The monoisotopic (exact) mass is 378 g/mol. The molecule has 0 saturated carbocycles. The van der Waals surface area contributed by atoms with Crippen molar-refractivity contribution in [3.63, 3.8) is 0 Å². The molecule has 3 aromatic rings. The first kappa shape index (κ1) is 19.0. The summed E-state index contributed by atoms with van der Waals surface area (Å²) in [5, 5.41) is 19.5. The van der Waals surface area contributed by atoms with Crippen LogP contribution in [0.1, 0.15) is 31.8 Å². The van der Waals surface area contributed by atoms with E-state index in [0.717, 1.165) is 23.3 Å². The molecular weight excluding hydrogens is 360 g/mol. The van der Waals surface area contributed by atoms with E-state index in [1.807, 2.05) is 36.4 Å². The standard InChI is InChI=1S/C22H18O6/c23-19-11-17(21(25)27-13-15-7-3-1-4-8-15)18(12-20(19)24)22(26)28-14-16-9-5-2-6-10-16/h1-12,23-24H,13-14H2. The predicted octanol–water partition coefficient (Wildman–Crippen LogP) is 3.81. The molecule has 0 bridgehead atoms. The van der Waals surface area contributed by atoms with Gasteiger partial charge in [0.05, 0.1) is 11.1 Å². The van der Waals surface area contributed by atoms with E-state index >= 15 is 0 Å². The summed E-state index contributed by atoms with van der Waals surface area (Å²) in [5.74, 6) is -2.70. The molecule has 0 radical (unpaired) electrons. The fourth-order valence-electron chi connectivity index (χ4n) is 2.52. The minimum absolute atomic E-state index is 0.000184. The molecular formula is C22H18O6. The highest BCUT2D eigenvalue weighted by Crippen LogP contribution is 2.29. The first-order valence-corrected chi connectivity index (χ1v) is 8.52. The summed E-state index contributed by atoms with van der Waals surface area (Å²) in [6, 6.07) is 20.0. The molecule has 0 fully saturated rings. The SMILES string of the molecule is O=C(OCc1ccccc1)c1cc(O)c(O)cc1C(=O)OCc1ccccc1. The summed E-state index contributed by atoms with van der Waals surface area (Å²) in [7, 11) is 0. The molecule has 0 atom stereocenters. The second-order valence-corrected chi connectivity index (χ2v) is 6.01. The maximum Gasteiger partial charge on any atom is 0.339 e. The molecule has 0 spiro atoms. The van der Waals surface area contributed by atoms with Crippen LogP contribution in [0.15, 0.2) is 72.8 Å². The van der Waals surface area contributed by atoms with E-state index in [2.05, 4.69) is 0 Å². The Kier molecular flexibility index (Phi) is 5.91. The van der Waals surface area contributed by atoms with Gasteiger partial charge in [-0.1, -0.05) is 60.7 Å². The summed E-state index contributed by atoms with van der Waals surface area (Å²) in [6.45, 7) is -0.000368. The Bertz CT molecular complexity index is 887. The van der Waals surface area contributed by atoms with Crippen LogP contribution in [0.25, 0.3) is 0 Å². The molecule has 0 heterocycles. The van der Waals surface area contributed by atoms with Crippen LogP contribution in [-0.2, 0) is 22.7 Å². The Labute approximate surface area is 161 Å². The van der Waals surface area contributed by atoms with Crippen molar-refractivity contribution in [2.24, 2.45) is 0 Å². The van der Waals surface area contributed by atoms with Gasteiger partial charge in [0.25, 0.3) is 0 Å². The van der Waals surface area contributed by atoms with E-state index in [-0.39, 0.29) is 24.3 Å². The number of ether oxygens (including phenoxy) is 2. The highest BCUT2D eigenvalue weighted by atomic mass is 16.5. The van der Waals surface area contributed by atoms with E-state index < -0.39 is 23.4 Å². The summed E-state index contributed by atoms with van der Waals surface area (Å²) in [4.78, 5) is 24.9. The van der Waals surface area contributed by atoms with E-state index in [1.165, 1.54) is 0 Å². The molecule has 0 unspecified atom stereocenters. The van der Waals surface area contributed by atoms with Crippen molar-refractivity contribution in [2.75, 3.05) is 0 Å². The second kappa shape index (κ2) is 8.73. The summed E-state index contributed by atoms with van der Waals surface area (Å²) >= 11 is 0. The highest BCUT2D eigenvalue weighted by molar-refractivity contribution is 6.04. The van der Waals surface area contributed by atoms with E-state index in [4.69, 9.17) is 9.47 Å². The number of carbonyl (C=O) groups is 2. The molecule has 0 aromatic heterocycles. The van der Waals surface area contributed by atoms with Crippen LogP contribution in [0, 0.1) is 0 Å². The molecule has 0 amide bonds. The third-order valence-corrected chi connectivity index (χ3v) is 3.98. The van der Waals surface area contributed by atoms with Crippen molar-refractivity contribution >= 4 is 11.9 Å². The number of esters is 2. The highest BCUT2D eigenvalue weighted by Gasteiger charge is 2.23. The summed E-state index contributed by atoms with van der Waals surface area (Å²) < 4.78 is 10.4. The van der Waals surface area contributed by atoms with Gasteiger partial charge in [-0.05, 0) is 23.3 Å². The normalized spacial score (nSPS) is 10.3. The molecule has 0 aliphatic carbocycles. The van der Waals surface area contributed by atoms with Crippen LogP contribution in [0.5, 0.6) is 11.5 Å². The minimum atomic E-state index is -0.814. The number of hydrogen-bond donors (Lipinski definition) is 2. The van der Waals surface area contributed by atoms with Crippen LogP contribution < -0.4 is 0 Å². The summed E-state index contributed by atoms with van der Waals surface area (Å²) in [5.41, 5.74) is 1.16. The van der Waals surface area contributed by atoms with Crippen molar-refractivity contribution in [2.45, 2.75) is 13.2 Å². The molecule has 6 heteroatoms. The van der Waals surface area contributed by atoms with Crippen molar-refractivity contribution < 1.29 is 29.3 Å². The maximum atomic E-state index is 12.5. The average Bonchev–Trinajstić information content (AvgIpc) is 2.73. The Morgan fingerprint density at radius 1 is 0.643 bits per heavy atom. The number of phenols is 2. The molecule has 6 nitrogen and oxygen atoms in total. The van der Waals surface area contributed by atoms with Gasteiger partial charge in [0.2, 0.25) is 0 Å². The van der Waals surface area contributed by atoms with Gasteiger partial charge in [-0.25, -0.2) is 9.59 Å². The largest absolute Gasteiger partial charge is 0.504 e. The third-order valence-electron chi connectivity index (χ3n) is 3.98. The van der Waals surface area contributed by atoms with Gasteiger partial charge >= 0.3 is 11.9 Å². The lowest BCUT2D eigenvalue weighted by Crippen LogP contribution is -2.14. The van der Waals surface area contributed by atoms with Crippen molar-refractivity contribution in [3.05, 3.63) is 95.1 Å². The van der Waals surface area contributed by atoms with Crippen LogP contribution >= 0.6 is 0 Å². The zero-order valence-corrected chi connectivity index (χ0v) is 14.9. The van der Waals surface area contributed by atoms with Crippen LogP contribution in [0.4, 0.5) is 0 Å². The quantitative estimate of drug-likeness (QED) is 0.500. The van der Waals surface area contributed by atoms with Gasteiger partial charge < -0.3 is 19.7 Å². The topological polar surface area (TPSA) is 93.1 Å². The Morgan fingerprint density at radius 3 is 1.36 bits per heavy atom. The zero-order valence-electron chi connectivity index (χ0n) is 14.9. The molecule has 2 N–H and O–H groups in total. The van der Waals surface area contributed by atoms with Gasteiger partial charge in [0.1, 0.15) is 13.2 Å². The minimum Gasteiger partial charge on any atom is -0.504 e. The number of phenolic OH excluding ortho intramolecular Hbond substituents is 2. The number of benzene rings is 3. The first-order valence-electron chi connectivity index (χ1n) is 8.52. The average molecular weight is 378 g/mol. The molecule has 3 aromatic carbocycles. The van der Waals surface area contributed by atoms with Crippen molar-refractivity contribution in [3.8, 4) is 11.5 Å². The smallest absolute Gasteiger partial charge is 0.339 e. The molecule has 0 saturated heterocycles. The van der Waals surface area contributed by atoms with Crippen LogP contribution in [0.3, 0.4) is 0 Å². The lowest BCUT2D eigenvalue weighted by molar-refractivity contribution is 0.0424. The number of carbonyl (C=O) groups excluding carboxylic acids is 2. The maximum absolute atomic E-state index is 12.5. The van der Waals surface area contributed by atoms with Crippen LogP contribution in [0.2, 0.25) is 0 Å². The fourth-order valence-corrected chi connectivity index (χ4v) is 2.52. The van der Waals surface area contributed by atoms with E-state index in [1.54, 1.807) is 24.3 Å². The Morgan fingerprint density at radius 2 is 1.00 bits per heavy atom. The predicted molar refractivity (Wildman–Crippen MR) is 101 cm³/mol. The lowest BCUT2D eigenvalue weighted by atomic mass is 10.1. The first-order chi connectivity index (χ1) is 13.5. The van der Waals surface area contributed by atoms with Gasteiger partial charge in [-0.3, -0.25) is 0 Å². The molecule has 0 aliphatic rings. The van der Waals surface area contributed by atoms with Crippen molar-refractivity contribution in [1.82, 2.24) is 0 Å². The second-order valence-electron chi connectivity index (χ2n) is 6.01. The fraction of sp³-hybridized carbons (Fsp3) is 0.0909. The molecule has 28 heavy (non-hydrogen) atoms. The molecule has 0 aliphatic heterocycles. The molecule has 142 valence electrons. The van der Waals surface area contributed by atoms with Gasteiger partial charge in [-0.15, -0.1) is 0 Å². The van der Waals surface area contributed by atoms with Crippen LogP contribution in [-0.4, -0.2) is 22.2 Å². The van der Waals surface area contributed by atoms with E-state index in [0.29, 0.717) is 0 Å². The van der Waals surface area contributed by atoms with Gasteiger partial charge in [-0.2, -0.15) is 0 Å². The number of rotatable bonds is 6. The summed E-state index contributed by atoms with van der Waals surface area (Å²) in [6.07, 6.45) is 0. The van der Waals surface area contributed by atoms with Gasteiger partial charge in [0, 0.05) is 0 Å².